The zero-order valence-electron chi connectivity index (χ0n) is 22.1. The predicted octanol–water partition coefficient (Wildman–Crippen LogP) is 1.75. The molecule has 3 fully saturated rings. The molecule has 11 heteroatoms. The monoisotopic (exact) mass is 501 g/mol. The normalized spacial score (nSPS) is 35.2. The Labute approximate surface area is 206 Å². The van der Waals surface area contributed by atoms with Gasteiger partial charge in [-0.2, -0.15) is 5.06 Å². The fraction of sp³-hybridized carbons (Fsp3) is 0.875. The molecule has 8 atom stereocenters. The molecular weight excluding hydrogens is 462 g/mol. The van der Waals surface area contributed by atoms with Gasteiger partial charge in [-0.25, -0.2) is 0 Å². The molecule has 0 amide bonds. The fourth-order valence-electron chi connectivity index (χ4n) is 4.94. The van der Waals surface area contributed by atoms with Gasteiger partial charge in [-0.15, -0.1) is 0 Å². The summed E-state index contributed by atoms with van der Waals surface area (Å²) < 4.78 is 35.4. The second kappa shape index (κ2) is 10.3. The van der Waals surface area contributed by atoms with Crippen LogP contribution in [-0.4, -0.2) is 90.2 Å². The molecule has 0 bridgehead atoms. The SMILES string of the molecule is CC(=O)OC[C@H]1O[C@@H]2ON3C[C@H](OC(C)(C)C)[C@@H](OC(C)(C)C)[C@@H]3[C@@H]2[C@@H](OC(C)=O)[C@@H]1OC(C)=O. The van der Waals surface area contributed by atoms with Gasteiger partial charge in [0.05, 0.1) is 29.7 Å². The Morgan fingerprint density at radius 1 is 0.829 bits per heavy atom. The van der Waals surface area contributed by atoms with E-state index in [1.807, 2.05) is 41.5 Å². The summed E-state index contributed by atoms with van der Waals surface area (Å²) in [6.45, 7) is 15.8. The molecule has 3 heterocycles. The van der Waals surface area contributed by atoms with Crippen molar-refractivity contribution in [1.82, 2.24) is 5.06 Å². The summed E-state index contributed by atoms with van der Waals surface area (Å²) in [5, 5.41) is 1.75. The van der Waals surface area contributed by atoms with Crippen molar-refractivity contribution in [3.8, 4) is 0 Å². The van der Waals surface area contributed by atoms with Crippen LogP contribution in [0.5, 0.6) is 0 Å². The first-order valence-electron chi connectivity index (χ1n) is 12.0. The van der Waals surface area contributed by atoms with Crippen molar-refractivity contribution in [1.29, 1.82) is 0 Å². The second-order valence-electron chi connectivity index (χ2n) is 11.2. The summed E-state index contributed by atoms with van der Waals surface area (Å²) >= 11 is 0. The van der Waals surface area contributed by atoms with Crippen molar-refractivity contribution in [3.05, 3.63) is 0 Å². The van der Waals surface area contributed by atoms with E-state index < -0.39 is 71.8 Å². The van der Waals surface area contributed by atoms with Gasteiger partial charge < -0.3 is 28.4 Å². The Morgan fingerprint density at radius 2 is 1.40 bits per heavy atom. The summed E-state index contributed by atoms with van der Waals surface area (Å²) in [5.41, 5.74) is -0.936. The Hall–Kier alpha value is -1.79. The first-order valence-corrected chi connectivity index (χ1v) is 12.0. The first-order chi connectivity index (χ1) is 16.1. The van der Waals surface area contributed by atoms with Gasteiger partial charge in [0.15, 0.2) is 18.5 Å². The highest BCUT2D eigenvalue weighted by atomic mass is 16.8. The lowest BCUT2D eigenvalue weighted by atomic mass is 9.83. The van der Waals surface area contributed by atoms with E-state index in [0.717, 1.165) is 0 Å². The van der Waals surface area contributed by atoms with Gasteiger partial charge in [0.1, 0.15) is 24.9 Å². The first kappa shape index (κ1) is 27.8. The molecule has 3 rings (SSSR count). The third kappa shape index (κ3) is 6.91. The third-order valence-electron chi connectivity index (χ3n) is 5.77. The number of fused-ring (bicyclic) bond motifs is 3. The maximum atomic E-state index is 12.2. The van der Waals surface area contributed by atoms with E-state index in [1.165, 1.54) is 20.8 Å². The van der Waals surface area contributed by atoms with Crippen LogP contribution >= 0.6 is 0 Å². The van der Waals surface area contributed by atoms with Crippen LogP contribution in [0.1, 0.15) is 62.3 Å². The van der Waals surface area contributed by atoms with Gasteiger partial charge in [-0.1, -0.05) is 0 Å². The fourth-order valence-corrected chi connectivity index (χ4v) is 4.94. The molecular formula is C24H39NO10. The average molecular weight is 502 g/mol. The van der Waals surface area contributed by atoms with Gasteiger partial charge in [-0.05, 0) is 41.5 Å². The highest BCUT2D eigenvalue weighted by molar-refractivity contribution is 5.68. The van der Waals surface area contributed by atoms with Gasteiger partial charge in [-0.3, -0.25) is 19.2 Å². The lowest BCUT2D eigenvalue weighted by Gasteiger charge is -2.44. The molecule has 0 saturated carbocycles. The Balaban J connectivity index is 1.99. The number of hydrogen-bond donors (Lipinski definition) is 0. The molecule has 0 aromatic heterocycles. The smallest absolute Gasteiger partial charge is 0.303 e. The highest BCUT2D eigenvalue weighted by Crippen LogP contribution is 2.47. The summed E-state index contributed by atoms with van der Waals surface area (Å²) in [7, 11) is 0. The van der Waals surface area contributed by atoms with E-state index in [9.17, 15) is 14.4 Å². The quantitative estimate of drug-likeness (QED) is 0.391. The van der Waals surface area contributed by atoms with Crippen LogP contribution in [0.3, 0.4) is 0 Å². The van der Waals surface area contributed by atoms with E-state index >= 15 is 0 Å². The summed E-state index contributed by atoms with van der Waals surface area (Å²) in [4.78, 5) is 41.8. The zero-order chi connectivity index (χ0) is 26.3. The van der Waals surface area contributed by atoms with Crippen molar-refractivity contribution < 1.29 is 47.6 Å². The van der Waals surface area contributed by atoms with Crippen LogP contribution in [0, 0.1) is 5.92 Å². The van der Waals surface area contributed by atoms with Crippen molar-refractivity contribution in [2.75, 3.05) is 13.2 Å². The van der Waals surface area contributed by atoms with E-state index in [1.54, 1.807) is 5.06 Å². The Kier molecular flexibility index (Phi) is 8.17. The van der Waals surface area contributed by atoms with Gasteiger partial charge in [0.2, 0.25) is 0 Å². The molecule has 0 spiro atoms. The lowest BCUT2D eigenvalue weighted by molar-refractivity contribution is -0.304. The van der Waals surface area contributed by atoms with Crippen molar-refractivity contribution >= 4 is 17.9 Å². The molecule has 0 N–H and O–H groups in total. The molecule has 0 aromatic carbocycles. The lowest BCUT2D eigenvalue weighted by Crippen LogP contribution is -2.61. The van der Waals surface area contributed by atoms with Crippen LogP contribution in [-0.2, 0) is 47.6 Å². The van der Waals surface area contributed by atoms with Crippen LogP contribution in [0.2, 0.25) is 0 Å². The van der Waals surface area contributed by atoms with Crippen LogP contribution in [0.15, 0.2) is 0 Å². The molecule has 200 valence electrons. The number of ether oxygens (including phenoxy) is 6. The standard InChI is InChI=1S/C24H39NO10/c1-12(26)29-11-16-20(30-13(2)27)21(31-14(3)28)17-18-19(34-24(7,8)9)15(33-23(4,5)6)10-25(18)35-22(17)32-16/h15-22H,10-11H2,1-9H3/t15-,16+,17+,18-,19+,20+,21+,22+/m0/s1. The maximum Gasteiger partial charge on any atom is 0.303 e. The molecule has 35 heavy (non-hydrogen) atoms. The molecule has 11 nitrogen and oxygen atoms in total. The van der Waals surface area contributed by atoms with Gasteiger partial charge in [0.25, 0.3) is 0 Å². The number of rotatable bonds is 6. The van der Waals surface area contributed by atoms with Crippen molar-refractivity contribution in [2.24, 2.45) is 5.92 Å². The number of hydrogen-bond acceptors (Lipinski definition) is 11. The minimum atomic E-state index is -1.02. The molecule has 0 unspecified atom stereocenters. The average Bonchev–Trinajstić information content (AvgIpc) is 3.15. The van der Waals surface area contributed by atoms with Crippen molar-refractivity contribution in [3.63, 3.8) is 0 Å². The van der Waals surface area contributed by atoms with E-state index in [0.29, 0.717) is 6.54 Å². The van der Waals surface area contributed by atoms with Crippen molar-refractivity contribution in [2.45, 2.75) is 116 Å². The van der Waals surface area contributed by atoms with E-state index in [4.69, 9.17) is 33.3 Å². The molecule has 3 aliphatic rings. The van der Waals surface area contributed by atoms with Crippen LogP contribution in [0.4, 0.5) is 0 Å². The number of esters is 3. The summed E-state index contributed by atoms with van der Waals surface area (Å²) in [6, 6.07) is -0.413. The van der Waals surface area contributed by atoms with Crippen LogP contribution in [0.25, 0.3) is 0 Å². The predicted molar refractivity (Wildman–Crippen MR) is 121 cm³/mol. The van der Waals surface area contributed by atoms with Gasteiger partial charge >= 0.3 is 17.9 Å². The number of carbonyl (C=O) groups is 3. The van der Waals surface area contributed by atoms with E-state index in [-0.39, 0.29) is 12.7 Å². The molecule has 3 saturated heterocycles. The number of nitrogens with zero attached hydrogens (tertiary/aromatic N) is 1. The molecule has 0 aliphatic carbocycles. The third-order valence-corrected chi connectivity index (χ3v) is 5.77. The highest BCUT2D eigenvalue weighted by Gasteiger charge is 2.65. The van der Waals surface area contributed by atoms with E-state index in [2.05, 4.69) is 0 Å². The largest absolute Gasteiger partial charge is 0.463 e. The zero-order valence-corrected chi connectivity index (χ0v) is 22.1. The second-order valence-corrected chi connectivity index (χ2v) is 11.2. The molecule has 3 aliphatic heterocycles. The maximum absolute atomic E-state index is 12.2. The number of carbonyl (C=O) groups excluding carboxylic acids is 3. The molecule has 0 aromatic rings. The minimum Gasteiger partial charge on any atom is -0.463 e. The number of hydroxylamine groups is 2. The summed E-state index contributed by atoms with van der Waals surface area (Å²) in [6.07, 6.45) is -4.45. The Morgan fingerprint density at radius 3 is 1.91 bits per heavy atom. The van der Waals surface area contributed by atoms with Crippen LogP contribution < -0.4 is 0 Å². The minimum absolute atomic E-state index is 0.194. The van der Waals surface area contributed by atoms with Gasteiger partial charge in [0, 0.05) is 20.8 Å². The Bertz CT molecular complexity index is 803. The topological polar surface area (TPSA) is 119 Å². The molecule has 0 radical (unpaired) electrons. The summed E-state index contributed by atoms with van der Waals surface area (Å²) in [5.74, 6) is -2.21.